The molecule has 1 aromatic carbocycles. The van der Waals surface area contributed by atoms with Crippen molar-refractivity contribution in [2.75, 3.05) is 18.8 Å². The predicted molar refractivity (Wildman–Crippen MR) is 85.1 cm³/mol. The molecule has 1 aliphatic heterocycles. The maximum Gasteiger partial charge on any atom is 0.266 e. The molecule has 3 nitrogen and oxygen atoms in total. The number of nitrogens with two attached hydrogens (primary N) is 1. The van der Waals surface area contributed by atoms with Gasteiger partial charge in [0, 0.05) is 23.2 Å². The molecule has 0 aliphatic carbocycles. The molecule has 5 heteroatoms. The minimum atomic E-state index is -0.324. The largest absolute Gasteiger partial charge is 0.397 e. The van der Waals surface area contributed by atoms with Crippen LogP contribution in [-0.2, 0) is 0 Å². The SMILES string of the molecule is CCCC1CCN(C(=O)c2sc3ccc(F)cc3c2N)C1. The van der Waals surface area contributed by atoms with Gasteiger partial charge >= 0.3 is 0 Å². The van der Waals surface area contributed by atoms with E-state index < -0.39 is 0 Å². The third-order valence-corrected chi connectivity index (χ3v) is 5.33. The topological polar surface area (TPSA) is 46.3 Å². The fraction of sp³-hybridized carbons (Fsp3) is 0.438. The van der Waals surface area contributed by atoms with Crippen molar-refractivity contribution >= 4 is 33.0 Å². The molecule has 2 N–H and O–H groups in total. The molecule has 1 saturated heterocycles. The summed E-state index contributed by atoms with van der Waals surface area (Å²) in [6.45, 7) is 3.78. The van der Waals surface area contributed by atoms with Gasteiger partial charge in [0.15, 0.2) is 0 Å². The standard InChI is InChI=1S/C16H19FN2OS/c1-2-3-10-6-7-19(9-10)16(20)15-14(18)12-8-11(17)4-5-13(12)21-15/h4-5,8,10H,2-3,6-7,9,18H2,1H3. The second kappa shape index (κ2) is 5.64. The first-order valence-corrected chi connectivity index (χ1v) is 8.18. The quantitative estimate of drug-likeness (QED) is 0.935. The number of benzene rings is 1. The Kier molecular flexibility index (Phi) is 3.85. The lowest BCUT2D eigenvalue weighted by molar-refractivity contribution is 0.0792. The van der Waals surface area contributed by atoms with Crippen molar-refractivity contribution in [2.24, 2.45) is 5.92 Å². The number of carbonyl (C=O) groups is 1. The summed E-state index contributed by atoms with van der Waals surface area (Å²) in [5.74, 6) is 0.273. The Labute approximate surface area is 127 Å². The van der Waals surface area contributed by atoms with Gasteiger partial charge in [0.2, 0.25) is 0 Å². The van der Waals surface area contributed by atoms with Crippen LogP contribution in [0.5, 0.6) is 0 Å². The zero-order chi connectivity index (χ0) is 15.0. The molecule has 0 radical (unpaired) electrons. The smallest absolute Gasteiger partial charge is 0.266 e. The molecule has 21 heavy (non-hydrogen) atoms. The molecule has 3 rings (SSSR count). The lowest BCUT2D eigenvalue weighted by atomic mass is 10.0. The zero-order valence-electron chi connectivity index (χ0n) is 12.1. The first kappa shape index (κ1) is 14.3. The second-order valence-corrected chi connectivity index (χ2v) is 6.73. The van der Waals surface area contributed by atoms with E-state index in [4.69, 9.17) is 5.73 Å². The van der Waals surface area contributed by atoms with E-state index in [1.807, 2.05) is 4.90 Å². The Hall–Kier alpha value is -1.62. The normalized spacial score (nSPS) is 18.6. The maximum atomic E-state index is 13.3. The highest BCUT2D eigenvalue weighted by Crippen LogP contribution is 2.36. The van der Waals surface area contributed by atoms with E-state index in [1.165, 1.54) is 23.5 Å². The Morgan fingerprint density at radius 1 is 1.52 bits per heavy atom. The van der Waals surface area contributed by atoms with Crippen molar-refractivity contribution in [3.05, 3.63) is 28.9 Å². The Morgan fingerprint density at radius 2 is 2.33 bits per heavy atom. The van der Waals surface area contributed by atoms with Crippen LogP contribution in [0.4, 0.5) is 10.1 Å². The second-order valence-electron chi connectivity index (χ2n) is 5.68. The molecule has 2 heterocycles. The lowest BCUT2D eigenvalue weighted by Crippen LogP contribution is -2.28. The van der Waals surface area contributed by atoms with Crippen LogP contribution in [0.25, 0.3) is 10.1 Å². The highest BCUT2D eigenvalue weighted by molar-refractivity contribution is 7.21. The summed E-state index contributed by atoms with van der Waals surface area (Å²) in [4.78, 5) is 15.1. The summed E-state index contributed by atoms with van der Waals surface area (Å²) >= 11 is 1.36. The first-order valence-electron chi connectivity index (χ1n) is 7.37. The number of anilines is 1. The number of rotatable bonds is 3. The van der Waals surface area contributed by atoms with Gasteiger partial charge in [0.1, 0.15) is 10.7 Å². The predicted octanol–water partition coefficient (Wildman–Crippen LogP) is 3.88. The average Bonchev–Trinajstić information content (AvgIpc) is 3.05. The van der Waals surface area contributed by atoms with Crippen molar-refractivity contribution in [2.45, 2.75) is 26.2 Å². The Morgan fingerprint density at radius 3 is 3.10 bits per heavy atom. The van der Waals surface area contributed by atoms with E-state index in [0.717, 1.165) is 37.1 Å². The number of fused-ring (bicyclic) bond motifs is 1. The van der Waals surface area contributed by atoms with Gasteiger partial charge in [-0.2, -0.15) is 0 Å². The summed E-state index contributed by atoms with van der Waals surface area (Å²) in [6.07, 6.45) is 3.38. The fourth-order valence-electron chi connectivity index (χ4n) is 3.05. The molecule has 0 saturated carbocycles. The molecule has 1 atom stereocenters. The molecule has 1 amide bonds. The summed E-state index contributed by atoms with van der Waals surface area (Å²) in [7, 11) is 0. The van der Waals surface area contributed by atoms with Crippen molar-refractivity contribution in [3.8, 4) is 0 Å². The van der Waals surface area contributed by atoms with E-state index >= 15 is 0 Å². The summed E-state index contributed by atoms with van der Waals surface area (Å²) < 4.78 is 14.2. The van der Waals surface area contributed by atoms with Crippen molar-refractivity contribution in [1.82, 2.24) is 4.90 Å². The van der Waals surface area contributed by atoms with Gasteiger partial charge < -0.3 is 10.6 Å². The number of nitrogens with zero attached hydrogens (tertiary/aromatic N) is 1. The van der Waals surface area contributed by atoms with E-state index in [1.54, 1.807) is 6.07 Å². The maximum absolute atomic E-state index is 13.3. The average molecular weight is 306 g/mol. The summed E-state index contributed by atoms with van der Waals surface area (Å²) in [5.41, 5.74) is 6.48. The van der Waals surface area contributed by atoms with Gasteiger partial charge in [-0.25, -0.2) is 4.39 Å². The molecule has 0 spiro atoms. The van der Waals surface area contributed by atoms with Crippen LogP contribution in [0.15, 0.2) is 18.2 Å². The van der Waals surface area contributed by atoms with Gasteiger partial charge in [0.25, 0.3) is 5.91 Å². The summed E-state index contributed by atoms with van der Waals surface area (Å²) in [6, 6.07) is 4.49. The molecule has 2 aromatic rings. The van der Waals surface area contributed by atoms with Gasteiger partial charge in [0.05, 0.1) is 5.69 Å². The number of nitrogen functional groups attached to an aromatic ring is 1. The number of amides is 1. The van der Waals surface area contributed by atoms with E-state index in [0.29, 0.717) is 21.9 Å². The van der Waals surface area contributed by atoms with Gasteiger partial charge in [-0.05, 0) is 37.0 Å². The number of halogens is 1. The van der Waals surface area contributed by atoms with Crippen LogP contribution in [0, 0.1) is 11.7 Å². The molecule has 1 aromatic heterocycles. The van der Waals surface area contributed by atoms with E-state index in [9.17, 15) is 9.18 Å². The number of likely N-dealkylation sites (tertiary alicyclic amines) is 1. The Balaban J connectivity index is 1.87. The monoisotopic (exact) mass is 306 g/mol. The van der Waals surface area contributed by atoms with Crippen LogP contribution in [0.1, 0.15) is 35.9 Å². The number of carbonyl (C=O) groups excluding carboxylic acids is 1. The van der Waals surface area contributed by atoms with Crippen LogP contribution >= 0.6 is 11.3 Å². The first-order chi connectivity index (χ1) is 10.1. The van der Waals surface area contributed by atoms with Crippen molar-refractivity contribution in [3.63, 3.8) is 0 Å². The number of hydrogen-bond donors (Lipinski definition) is 1. The lowest BCUT2D eigenvalue weighted by Gasteiger charge is -2.15. The fourth-order valence-corrected chi connectivity index (χ4v) is 4.12. The van der Waals surface area contributed by atoms with Crippen LogP contribution in [0.3, 0.4) is 0 Å². The molecule has 0 bridgehead atoms. The van der Waals surface area contributed by atoms with E-state index in [2.05, 4.69) is 6.92 Å². The molecule has 1 fully saturated rings. The van der Waals surface area contributed by atoms with Crippen LogP contribution in [-0.4, -0.2) is 23.9 Å². The minimum absolute atomic E-state index is 0.00675. The van der Waals surface area contributed by atoms with Crippen molar-refractivity contribution in [1.29, 1.82) is 0 Å². The molecule has 112 valence electrons. The Bertz CT molecular complexity index is 682. The third kappa shape index (κ3) is 2.62. The number of thiophene rings is 1. The molecular formula is C16H19FN2OS. The minimum Gasteiger partial charge on any atom is -0.397 e. The highest BCUT2D eigenvalue weighted by Gasteiger charge is 2.28. The van der Waals surface area contributed by atoms with Crippen LogP contribution < -0.4 is 5.73 Å². The highest BCUT2D eigenvalue weighted by atomic mass is 32.1. The molecule has 1 aliphatic rings. The zero-order valence-corrected chi connectivity index (χ0v) is 12.9. The van der Waals surface area contributed by atoms with E-state index in [-0.39, 0.29) is 11.7 Å². The van der Waals surface area contributed by atoms with Gasteiger partial charge in [-0.3, -0.25) is 4.79 Å². The number of hydrogen-bond acceptors (Lipinski definition) is 3. The van der Waals surface area contributed by atoms with Gasteiger partial charge in [-0.15, -0.1) is 11.3 Å². The summed E-state index contributed by atoms with van der Waals surface area (Å²) in [5, 5.41) is 0.646. The van der Waals surface area contributed by atoms with Crippen LogP contribution in [0.2, 0.25) is 0 Å². The molecular weight excluding hydrogens is 287 g/mol. The van der Waals surface area contributed by atoms with Gasteiger partial charge in [-0.1, -0.05) is 13.3 Å². The third-order valence-electron chi connectivity index (χ3n) is 4.15. The molecule has 1 unspecified atom stereocenters. The van der Waals surface area contributed by atoms with Crippen molar-refractivity contribution < 1.29 is 9.18 Å².